The van der Waals surface area contributed by atoms with Crippen molar-refractivity contribution in [3.05, 3.63) is 58.9 Å². The van der Waals surface area contributed by atoms with Gasteiger partial charge in [0.2, 0.25) is 5.91 Å². The lowest BCUT2D eigenvalue weighted by atomic mass is 10.2. The molecule has 0 spiro atoms. The van der Waals surface area contributed by atoms with Gasteiger partial charge in [0.15, 0.2) is 11.0 Å². The highest BCUT2D eigenvalue weighted by atomic mass is 35.5. The second-order valence-corrected chi connectivity index (χ2v) is 8.12. The average Bonchev–Trinajstić information content (AvgIpc) is 3.19. The highest BCUT2D eigenvalue weighted by Crippen LogP contribution is 2.26. The summed E-state index contributed by atoms with van der Waals surface area (Å²) < 4.78 is 12.9. The molecule has 0 atom stereocenters. The number of nitrogens with zero attached hydrogens (tertiary/aromatic N) is 3. The topological polar surface area (TPSA) is 78.3 Å². The van der Waals surface area contributed by atoms with E-state index in [2.05, 4.69) is 15.5 Å². The number of benzene rings is 2. The van der Waals surface area contributed by atoms with Gasteiger partial charge in [-0.1, -0.05) is 36.4 Å². The lowest BCUT2D eigenvalue weighted by molar-refractivity contribution is -0.118. The van der Waals surface area contributed by atoms with Gasteiger partial charge in [-0.15, -0.1) is 10.2 Å². The van der Waals surface area contributed by atoms with E-state index >= 15 is 0 Å². The number of nitrogens with one attached hydrogen (secondary N) is 1. The second kappa shape index (κ2) is 11.1. The summed E-state index contributed by atoms with van der Waals surface area (Å²) in [6.45, 7) is 4.81. The van der Waals surface area contributed by atoms with Gasteiger partial charge in [-0.25, -0.2) is 0 Å². The highest BCUT2D eigenvalue weighted by molar-refractivity contribution is 7.99. The summed E-state index contributed by atoms with van der Waals surface area (Å²) in [4.78, 5) is 12.0. The fraction of sp³-hybridized carbons (Fsp3) is 0.318. The SMILES string of the molecule is CCCNC(=O)CSc1nnc(COc2ccc(OC)cc2)n1-c1ccc(C)c(Cl)c1. The van der Waals surface area contributed by atoms with Gasteiger partial charge in [-0.05, 0) is 55.3 Å². The molecule has 0 saturated carbocycles. The van der Waals surface area contributed by atoms with Crippen LogP contribution in [0.5, 0.6) is 11.5 Å². The summed E-state index contributed by atoms with van der Waals surface area (Å²) in [5.41, 5.74) is 1.79. The molecule has 1 amide bonds. The number of halogens is 1. The molecule has 31 heavy (non-hydrogen) atoms. The van der Waals surface area contributed by atoms with E-state index in [1.807, 2.05) is 60.9 Å². The molecule has 0 bridgehead atoms. The lowest BCUT2D eigenvalue weighted by Gasteiger charge is -2.12. The van der Waals surface area contributed by atoms with Crippen LogP contribution in [0.4, 0.5) is 0 Å². The van der Waals surface area contributed by atoms with Crippen LogP contribution in [0, 0.1) is 6.92 Å². The van der Waals surface area contributed by atoms with Crippen LogP contribution in [-0.4, -0.2) is 40.1 Å². The number of methoxy groups -OCH3 is 1. The number of hydrogen-bond donors (Lipinski definition) is 1. The van der Waals surface area contributed by atoms with Gasteiger partial charge < -0.3 is 14.8 Å². The molecule has 1 N–H and O–H groups in total. The van der Waals surface area contributed by atoms with E-state index in [-0.39, 0.29) is 18.3 Å². The number of aromatic nitrogens is 3. The number of rotatable bonds is 10. The Kier molecular flexibility index (Phi) is 8.20. The molecule has 9 heteroatoms. The van der Waals surface area contributed by atoms with Crippen LogP contribution in [-0.2, 0) is 11.4 Å². The molecule has 164 valence electrons. The molecular formula is C22H25ClN4O3S. The molecule has 7 nitrogen and oxygen atoms in total. The third-order valence-corrected chi connectivity index (χ3v) is 5.78. The Bertz CT molecular complexity index is 1020. The van der Waals surface area contributed by atoms with Gasteiger partial charge >= 0.3 is 0 Å². The van der Waals surface area contributed by atoms with Gasteiger partial charge in [-0.2, -0.15) is 0 Å². The Morgan fingerprint density at radius 1 is 1.16 bits per heavy atom. The molecule has 1 heterocycles. The van der Waals surface area contributed by atoms with E-state index in [0.717, 1.165) is 23.4 Å². The number of aryl methyl sites for hydroxylation is 1. The Morgan fingerprint density at radius 3 is 2.58 bits per heavy atom. The Labute approximate surface area is 191 Å². The molecule has 0 aliphatic carbocycles. The van der Waals surface area contributed by atoms with Crippen LogP contribution in [0.2, 0.25) is 5.02 Å². The van der Waals surface area contributed by atoms with Gasteiger partial charge in [0.05, 0.1) is 18.6 Å². The zero-order valence-corrected chi connectivity index (χ0v) is 19.3. The minimum atomic E-state index is -0.0422. The summed E-state index contributed by atoms with van der Waals surface area (Å²) in [5.74, 6) is 2.25. The first-order valence-corrected chi connectivity index (χ1v) is 11.2. The van der Waals surface area contributed by atoms with E-state index in [1.54, 1.807) is 7.11 Å². The fourth-order valence-corrected chi connectivity index (χ4v) is 3.71. The van der Waals surface area contributed by atoms with Crippen molar-refractivity contribution >= 4 is 29.3 Å². The molecule has 0 radical (unpaired) electrons. The lowest BCUT2D eigenvalue weighted by Crippen LogP contribution is -2.25. The quantitative estimate of drug-likeness (QED) is 0.451. The third-order valence-electron chi connectivity index (χ3n) is 4.45. The van der Waals surface area contributed by atoms with Crippen molar-refractivity contribution in [3.63, 3.8) is 0 Å². The minimum Gasteiger partial charge on any atom is -0.497 e. The van der Waals surface area contributed by atoms with Gasteiger partial charge in [0.25, 0.3) is 0 Å². The van der Waals surface area contributed by atoms with Crippen molar-refractivity contribution in [1.29, 1.82) is 0 Å². The molecule has 0 aliphatic heterocycles. The molecule has 3 rings (SSSR count). The van der Waals surface area contributed by atoms with Crippen molar-refractivity contribution in [2.75, 3.05) is 19.4 Å². The number of hydrogen-bond acceptors (Lipinski definition) is 6. The Morgan fingerprint density at radius 2 is 1.90 bits per heavy atom. The third kappa shape index (κ3) is 6.15. The summed E-state index contributed by atoms with van der Waals surface area (Å²) in [6, 6.07) is 13.1. The molecule has 0 fully saturated rings. The van der Waals surface area contributed by atoms with E-state index in [1.165, 1.54) is 11.8 Å². The van der Waals surface area contributed by atoms with Crippen molar-refractivity contribution in [2.24, 2.45) is 0 Å². The number of ether oxygens (including phenoxy) is 2. The van der Waals surface area contributed by atoms with Gasteiger partial charge in [0.1, 0.15) is 18.1 Å². The summed E-state index contributed by atoms with van der Waals surface area (Å²) in [6.07, 6.45) is 0.890. The standard InChI is InChI=1S/C22H25ClN4O3S/c1-4-11-24-21(28)14-31-22-26-25-20(13-30-18-9-7-17(29-3)8-10-18)27(22)16-6-5-15(2)19(23)12-16/h5-10,12H,4,11,13-14H2,1-3H3,(H,24,28). The zero-order chi connectivity index (χ0) is 22.2. The molecule has 1 aromatic heterocycles. The first-order chi connectivity index (χ1) is 15.0. The Balaban J connectivity index is 1.82. The van der Waals surface area contributed by atoms with Crippen LogP contribution in [0.3, 0.4) is 0 Å². The number of amides is 1. The van der Waals surface area contributed by atoms with Crippen LogP contribution < -0.4 is 14.8 Å². The maximum atomic E-state index is 12.0. The van der Waals surface area contributed by atoms with Crippen molar-refractivity contribution in [1.82, 2.24) is 20.1 Å². The summed E-state index contributed by atoms with van der Waals surface area (Å²) >= 11 is 7.67. The molecular weight excluding hydrogens is 436 g/mol. The van der Waals surface area contributed by atoms with Crippen molar-refractivity contribution in [3.8, 4) is 17.2 Å². The first-order valence-electron chi connectivity index (χ1n) is 9.89. The Hall–Kier alpha value is -2.71. The number of carbonyl (C=O) groups is 1. The molecule has 0 saturated heterocycles. The minimum absolute atomic E-state index is 0.0422. The van der Waals surface area contributed by atoms with Crippen LogP contribution in [0.25, 0.3) is 5.69 Å². The average molecular weight is 461 g/mol. The second-order valence-electron chi connectivity index (χ2n) is 6.77. The zero-order valence-electron chi connectivity index (χ0n) is 17.7. The molecule has 0 unspecified atom stereocenters. The largest absolute Gasteiger partial charge is 0.497 e. The van der Waals surface area contributed by atoms with Crippen molar-refractivity contribution in [2.45, 2.75) is 32.0 Å². The molecule has 2 aromatic carbocycles. The van der Waals surface area contributed by atoms with E-state index in [9.17, 15) is 4.79 Å². The molecule has 0 aliphatic rings. The maximum Gasteiger partial charge on any atom is 0.230 e. The maximum absolute atomic E-state index is 12.0. The van der Waals surface area contributed by atoms with E-state index < -0.39 is 0 Å². The van der Waals surface area contributed by atoms with Crippen molar-refractivity contribution < 1.29 is 14.3 Å². The predicted octanol–water partition coefficient (Wildman–Crippen LogP) is 4.44. The normalized spacial score (nSPS) is 10.7. The van der Waals surface area contributed by atoms with Gasteiger partial charge in [0, 0.05) is 11.6 Å². The van der Waals surface area contributed by atoms with E-state index in [0.29, 0.717) is 28.3 Å². The number of carbonyl (C=O) groups excluding carboxylic acids is 1. The highest BCUT2D eigenvalue weighted by Gasteiger charge is 2.17. The molecule has 3 aromatic rings. The smallest absolute Gasteiger partial charge is 0.230 e. The van der Waals surface area contributed by atoms with Crippen LogP contribution >= 0.6 is 23.4 Å². The predicted molar refractivity (Wildman–Crippen MR) is 122 cm³/mol. The summed E-state index contributed by atoms with van der Waals surface area (Å²) in [7, 11) is 1.62. The summed E-state index contributed by atoms with van der Waals surface area (Å²) in [5, 5.41) is 12.7. The number of thioether (sulfide) groups is 1. The van der Waals surface area contributed by atoms with Gasteiger partial charge in [-0.3, -0.25) is 9.36 Å². The van der Waals surface area contributed by atoms with Crippen LogP contribution in [0.15, 0.2) is 47.6 Å². The van der Waals surface area contributed by atoms with E-state index in [4.69, 9.17) is 21.1 Å². The van der Waals surface area contributed by atoms with Crippen LogP contribution in [0.1, 0.15) is 24.7 Å². The monoisotopic (exact) mass is 460 g/mol. The fourth-order valence-electron chi connectivity index (χ4n) is 2.73. The first kappa shape index (κ1) is 23.0.